The highest BCUT2D eigenvalue weighted by Crippen LogP contribution is 2.28. The van der Waals surface area contributed by atoms with Gasteiger partial charge in [-0.1, -0.05) is 33.8 Å². The number of carbonyl (C=O) groups is 2. The van der Waals surface area contributed by atoms with E-state index in [0.29, 0.717) is 56.3 Å². The molecule has 2 aromatic rings. The molecule has 2 rings (SSSR count). The Morgan fingerprint density at radius 1 is 0.973 bits per heavy atom. The van der Waals surface area contributed by atoms with Gasteiger partial charge < -0.3 is 28.4 Å². The van der Waals surface area contributed by atoms with E-state index in [0.717, 1.165) is 12.0 Å². The lowest BCUT2D eigenvalue weighted by Gasteiger charge is -2.29. The number of ether oxygens (including phenoxy) is 3. The first kappa shape index (κ1) is 30.2. The van der Waals surface area contributed by atoms with Crippen LogP contribution in [0.25, 0.3) is 0 Å². The predicted octanol–water partition coefficient (Wildman–Crippen LogP) is 4.81. The van der Waals surface area contributed by atoms with Crippen molar-refractivity contribution in [3.05, 3.63) is 47.9 Å². The summed E-state index contributed by atoms with van der Waals surface area (Å²) in [6, 6.07) is 9.38. The molecule has 0 aliphatic rings. The molecule has 0 aliphatic carbocycles. The van der Waals surface area contributed by atoms with Crippen LogP contribution in [-0.2, 0) is 27.3 Å². The Kier molecular flexibility index (Phi) is 12.0. The van der Waals surface area contributed by atoms with Gasteiger partial charge in [-0.15, -0.1) is 0 Å². The van der Waals surface area contributed by atoms with Gasteiger partial charge in [0.05, 0.1) is 40.2 Å². The number of amides is 2. The number of carbonyl (C=O) groups excluding carboxylic acids is 2. The van der Waals surface area contributed by atoms with Gasteiger partial charge in [0.2, 0.25) is 11.8 Å². The van der Waals surface area contributed by atoms with Crippen molar-refractivity contribution in [1.29, 1.82) is 0 Å². The smallest absolute Gasteiger partial charge is 0.242 e. The molecule has 0 N–H and O–H groups in total. The van der Waals surface area contributed by atoms with E-state index in [1.807, 2.05) is 24.3 Å². The monoisotopic (exact) mass is 516 g/mol. The van der Waals surface area contributed by atoms with Crippen molar-refractivity contribution in [1.82, 2.24) is 9.80 Å². The number of nitrogens with zero attached hydrogens (tertiary/aromatic N) is 2. The van der Waals surface area contributed by atoms with Crippen molar-refractivity contribution in [2.75, 3.05) is 47.6 Å². The minimum atomic E-state index is -0.134. The van der Waals surface area contributed by atoms with Crippen LogP contribution >= 0.6 is 0 Å². The first-order chi connectivity index (χ1) is 17.6. The van der Waals surface area contributed by atoms with E-state index < -0.39 is 0 Å². The zero-order chi connectivity index (χ0) is 27.4. The molecule has 0 spiro atoms. The highest BCUT2D eigenvalue weighted by Gasteiger charge is 2.25. The Morgan fingerprint density at radius 3 is 2.30 bits per heavy atom. The largest absolute Gasteiger partial charge is 0.493 e. The third kappa shape index (κ3) is 10.5. The molecule has 2 amide bonds. The number of methoxy groups -OCH3 is 3. The van der Waals surface area contributed by atoms with Gasteiger partial charge in [-0.25, -0.2) is 0 Å². The Labute approximate surface area is 221 Å². The molecule has 1 atom stereocenters. The van der Waals surface area contributed by atoms with Crippen LogP contribution in [0.2, 0.25) is 0 Å². The van der Waals surface area contributed by atoms with Gasteiger partial charge >= 0.3 is 0 Å². The predicted molar refractivity (Wildman–Crippen MR) is 144 cm³/mol. The lowest BCUT2D eigenvalue weighted by atomic mass is 9.84. The average Bonchev–Trinajstić information content (AvgIpc) is 3.35. The molecule has 0 bridgehead atoms. The third-order valence-electron chi connectivity index (χ3n) is 6.13. The maximum atomic E-state index is 13.5. The van der Waals surface area contributed by atoms with E-state index in [1.54, 1.807) is 43.5 Å². The maximum absolute atomic E-state index is 13.5. The van der Waals surface area contributed by atoms with Crippen LogP contribution in [0.15, 0.2) is 41.0 Å². The molecule has 0 aliphatic heterocycles. The molecular formula is C29H44N2O6. The Hall–Kier alpha value is -3.00. The molecule has 206 valence electrons. The van der Waals surface area contributed by atoms with Gasteiger partial charge in [0.1, 0.15) is 5.76 Å². The van der Waals surface area contributed by atoms with Crippen molar-refractivity contribution in [3.8, 4) is 11.5 Å². The summed E-state index contributed by atoms with van der Waals surface area (Å²) >= 11 is 0. The van der Waals surface area contributed by atoms with Crippen LogP contribution in [0.1, 0.15) is 51.9 Å². The number of hydrogen-bond acceptors (Lipinski definition) is 6. The van der Waals surface area contributed by atoms with Crippen LogP contribution in [0, 0.1) is 11.3 Å². The van der Waals surface area contributed by atoms with E-state index in [2.05, 4.69) is 27.7 Å². The van der Waals surface area contributed by atoms with Crippen LogP contribution in [0.3, 0.4) is 0 Å². The molecule has 8 nitrogen and oxygen atoms in total. The molecule has 8 heteroatoms. The highest BCUT2D eigenvalue weighted by atomic mass is 16.5. The number of rotatable bonds is 15. The van der Waals surface area contributed by atoms with E-state index >= 15 is 0 Å². The summed E-state index contributed by atoms with van der Waals surface area (Å²) in [4.78, 5) is 30.1. The van der Waals surface area contributed by atoms with Gasteiger partial charge in [0.25, 0.3) is 0 Å². The third-order valence-corrected chi connectivity index (χ3v) is 6.13. The SMILES string of the molecule is COCCN(CC(=O)N(CCc1ccc(OC)c(OC)c1)Cc1ccco1)C(=O)CC(C)CC(C)(C)C. The van der Waals surface area contributed by atoms with Gasteiger partial charge in [0, 0.05) is 26.6 Å². The van der Waals surface area contributed by atoms with Crippen molar-refractivity contribution in [2.45, 2.75) is 53.5 Å². The molecule has 0 saturated carbocycles. The fraction of sp³-hybridized carbons (Fsp3) is 0.586. The molecule has 37 heavy (non-hydrogen) atoms. The zero-order valence-electron chi connectivity index (χ0n) is 23.5. The first-order valence-electron chi connectivity index (χ1n) is 12.8. The topological polar surface area (TPSA) is 81.5 Å². The average molecular weight is 517 g/mol. The number of furan rings is 1. The summed E-state index contributed by atoms with van der Waals surface area (Å²) in [6.45, 7) is 10.1. The fourth-order valence-corrected chi connectivity index (χ4v) is 4.48. The first-order valence-corrected chi connectivity index (χ1v) is 12.8. The number of benzene rings is 1. The lowest BCUT2D eigenvalue weighted by Crippen LogP contribution is -2.44. The molecule has 0 saturated heterocycles. The normalized spacial score (nSPS) is 12.2. The second-order valence-electron chi connectivity index (χ2n) is 10.7. The van der Waals surface area contributed by atoms with Crippen molar-refractivity contribution in [3.63, 3.8) is 0 Å². The Bertz CT molecular complexity index is 967. The second kappa shape index (κ2) is 14.7. The summed E-state index contributed by atoms with van der Waals surface area (Å²) in [5.74, 6) is 2.04. The summed E-state index contributed by atoms with van der Waals surface area (Å²) in [5.41, 5.74) is 1.15. The van der Waals surface area contributed by atoms with Crippen molar-refractivity contribution in [2.24, 2.45) is 11.3 Å². The molecule has 1 unspecified atom stereocenters. The molecule has 1 aromatic carbocycles. The standard InChI is InChI=1S/C29H44N2O6/c1-22(19-29(2,3)4)17-27(32)31(14-16-34-5)21-28(33)30(20-24-9-8-15-37-24)13-12-23-10-11-25(35-6)26(18-23)36-7/h8-11,15,18,22H,12-14,16-17,19-21H2,1-7H3. The highest BCUT2D eigenvalue weighted by molar-refractivity contribution is 5.85. The van der Waals surface area contributed by atoms with Gasteiger partial charge in [-0.05, 0) is 54.0 Å². The lowest BCUT2D eigenvalue weighted by molar-refractivity contribution is -0.142. The van der Waals surface area contributed by atoms with E-state index in [1.165, 1.54) is 0 Å². The van der Waals surface area contributed by atoms with E-state index in [9.17, 15) is 9.59 Å². The Morgan fingerprint density at radius 2 is 1.70 bits per heavy atom. The molecule has 1 aromatic heterocycles. The molecule has 0 radical (unpaired) electrons. The van der Waals surface area contributed by atoms with Gasteiger partial charge in [-0.2, -0.15) is 0 Å². The minimum absolute atomic E-state index is 0.00290. The van der Waals surface area contributed by atoms with Crippen molar-refractivity contribution >= 4 is 11.8 Å². The summed E-state index contributed by atoms with van der Waals surface area (Å²) in [6.07, 6.45) is 3.54. The van der Waals surface area contributed by atoms with Gasteiger partial charge in [-0.3, -0.25) is 9.59 Å². The zero-order valence-corrected chi connectivity index (χ0v) is 23.5. The minimum Gasteiger partial charge on any atom is -0.493 e. The maximum Gasteiger partial charge on any atom is 0.242 e. The summed E-state index contributed by atoms with van der Waals surface area (Å²) < 4.78 is 21.5. The van der Waals surface area contributed by atoms with E-state index in [-0.39, 0.29) is 29.7 Å². The van der Waals surface area contributed by atoms with Crippen molar-refractivity contribution < 1.29 is 28.2 Å². The quantitative estimate of drug-likeness (QED) is 0.338. The second-order valence-corrected chi connectivity index (χ2v) is 10.7. The Balaban J connectivity index is 2.14. The van der Waals surface area contributed by atoms with Crippen LogP contribution in [0.5, 0.6) is 11.5 Å². The summed E-state index contributed by atoms with van der Waals surface area (Å²) in [5, 5.41) is 0. The number of hydrogen-bond donors (Lipinski definition) is 0. The van der Waals surface area contributed by atoms with Crippen LogP contribution in [0.4, 0.5) is 0 Å². The fourth-order valence-electron chi connectivity index (χ4n) is 4.48. The molecule has 0 fully saturated rings. The summed E-state index contributed by atoms with van der Waals surface area (Å²) in [7, 11) is 4.79. The van der Waals surface area contributed by atoms with Gasteiger partial charge in [0.15, 0.2) is 11.5 Å². The van der Waals surface area contributed by atoms with Crippen LogP contribution in [-0.4, -0.2) is 69.2 Å². The molecular weight excluding hydrogens is 472 g/mol. The molecule has 1 heterocycles. The van der Waals surface area contributed by atoms with Crippen LogP contribution < -0.4 is 9.47 Å². The van der Waals surface area contributed by atoms with E-state index in [4.69, 9.17) is 18.6 Å².